The predicted molar refractivity (Wildman–Crippen MR) is 187 cm³/mol. The first-order valence-corrected chi connectivity index (χ1v) is 21.7. The fourth-order valence-electron chi connectivity index (χ4n) is 10.1. The average Bonchev–Trinajstić information content (AvgIpc) is 3.75. The normalized spacial score (nSPS) is 20.5. The molecule has 0 aromatic heterocycles. The summed E-state index contributed by atoms with van der Waals surface area (Å²) in [6.45, 7) is 5.43. The Bertz CT molecular complexity index is 1770. The van der Waals surface area contributed by atoms with E-state index in [0.29, 0.717) is 3.63 Å². The largest absolute Gasteiger partial charge is 1.00 e. The molecule has 0 radical (unpaired) electrons. The van der Waals surface area contributed by atoms with E-state index in [1.54, 1.807) is 16.7 Å². The summed E-state index contributed by atoms with van der Waals surface area (Å²) in [5.41, 5.74) is 6.41. The maximum absolute atomic E-state index is 2.72. The van der Waals surface area contributed by atoms with Gasteiger partial charge < -0.3 is 24.8 Å². The molecular formula is C43H48Cl2Zr. The van der Waals surface area contributed by atoms with Crippen molar-refractivity contribution in [1.82, 2.24) is 0 Å². The molecule has 8 rings (SSSR count). The summed E-state index contributed by atoms with van der Waals surface area (Å²) >= 11 is -2.53. The molecule has 0 aliphatic heterocycles. The SMILES string of the molecule is CC([C](C(C)C1CCCCC1)=[Zr+2]([C]1=CC=CC1)[CH]1c2ccccc2-c2c1c1ccccc1c1ccccc21)C1CCCCC1.[Cl-].[Cl-]. The third-order valence-electron chi connectivity index (χ3n) is 12.2. The van der Waals surface area contributed by atoms with Crippen molar-refractivity contribution in [2.24, 2.45) is 23.7 Å². The third kappa shape index (κ3) is 5.90. The summed E-state index contributed by atoms with van der Waals surface area (Å²) in [6, 6.07) is 28.4. The summed E-state index contributed by atoms with van der Waals surface area (Å²) in [7, 11) is 0. The average molecular weight is 727 g/mol. The second-order valence-electron chi connectivity index (χ2n) is 14.5. The minimum Gasteiger partial charge on any atom is -1.00 e. The monoisotopic (exact) mass is 724 g/mol. The minimum atomic E-state index is -2.53. The maximum atomic E-state index is 2.72. The van der Waals surface area contributed by atoms with Gasteiger partial charge >= 0.3 is 274 Å². The Balaban J connectivity index is 0.00000186. The Morgan fingerprint density at radius 2 is 1.15 bits per heavy atom. The van der Waals surface area contributed by atoms with Crippen molar-refractivity contribution in [3.8, 4) is 11.1 Å². The van der Waals surface area contributed by atoms with E-state index in [1.165, 1.54) is 97.7 Å². The van der Waals surface area contributed by atoms with Crippen LogP contribution in [-0.2, 0) is 21.3 Å². The van der Waals surface area contributed by atoms with Crippen molar-refractivity contribution in [2.45, 2.75) is 88.1 Å². The molecule has 4 aromatic carbocycles. The van der Waals surface area contributed by atoms with Gasteiger partial charge in [0.15, 0.2) is 0 Å². The molecule has 3 atom stereocenters. The van der Waals surface area contributed by atoms with E-state index < -0.39 is 21.3 Å². The Kier molecular flexibility index (Phi) is 10.9. The molecule has 2 fully saturated rings. The van der Waals surface area contributed by atoms with Crippen molar-refractivity contribution in [3.63, 3.8) is 0 Å². The predicted octanol–water partition coefficient (Wildman–Crippen LogP) is 6.14. The third-order valence-corrected chi connectivity index (χ3v) is 21.5. The number of halogens is 2. The smallest absolute Gasteiger partial charge is 1.00 e. The van der Waals surface area contributed by atoms with Crippen LogP contribution in [0, 0.1) is 23.7 Å². The summed E-state index contributed by atoms with van der Waals surface area (Å²) in [6.07, 6.45) is 23.1. The zero-order chi connectivity index (χ0) is 29.6. The first kappa shape index (κ1) is 34.1. The summed E-state index contributed by atoms with van der Waals surface area (Å²) in [5, 5.41) is 5.84. The van der Waals surface area contributed by atoms with Crippen LogP contribution < -0.4 is 24.8 Å². The second kappa shape index (κ2) is 14.8. The van der Waals surface area contributed by atoms with Gasteiger partial charge in [0.25, 0.3) is 0 Å². The van der Waals surface area contributed by atoms with E-state index in [2.05, 4.69) is 108 Å². The molecule has 4 aliphatic carbocycles. The van der Waals surface area contributed by atoms with Gasteiger partial charge in [-0.2, -0.15) is 0 Å². The molecule has 2 saturated carbocycles. The van der Waals surface area contributed by atoms with Crippen molar-refractivity contribution < 1.29 is 46.1 Å². The standard InChI is InChI=1S/C21H13.C17H30.C5H5.2ClH.Zr/c1-2-8-15-14(7-1)13-20-18-11-4-3-9-16(18)17-10-5-6-12-19(17)21(15)20;1-14(16-9-5-3-6-10-16)13-15(2)17-11-7-4-8-12-17;1-2-4-5-3-1;;;/h1-13H;14-17H,3-12H2,1-2H3;1-3H,4H2;2*1H;/q;;;;;+2/p-2. The fourth-order valence-corrected chi connectivity index (χ4v) is 20.6. The molecular weight excluding hydrogens is 679 g/mol. The van der Waals surface area contributed by atoms with Gasteiger partial charge in [-0.15, -0.1) is 0 Å². The van der Waals surface area contributed by atoms with E-state index in [4.69, 9.17) is 0 Å². The van der Waals surface area contributed by atoms with Crippen LogP contribution in [0.4, 0.5) is 0 Å². The number of hydrogen-bond donors (Lipinski definition) is 0. The van der Waals surface area contributed by atoms with E-state index in [-0.39, 0.29) is 24.8 Å². The quantitative estimate of drug-likeness (QED) is 0.210. The summed E-state index contributed by atoms with van der Waals surface area (Å²) < 4.78 is 4.51. The van der Waals surface area contributed by atoms with E-state index in [0.717, 1.165) is 23.7 Å². The number of benzene rings is 4. The van der Waals surface area contributed by atoms with Crippen molar-refractivity contribution in [2.75, 3.05) is 0 Å². The van der Waals surface area contributed by atoms with Crippen LogP contribution in [0.15, 0.2) is 94.3 Å². The van der Waals surface area contributed by atoms with Crippen LogP contribution in [0.1, 0.15) is 99.2 Å². The van der Waals surface area contributed by atoms with Gasteiger partial charge in [0, 0.05) is 0 Å². The van der Waals surface area contributed by atoms with Crippen molar-refractivity contribution in [1.29, 1.82) is 0 Å². The molecule has 238 valence electrons. The van der Waals surface area contributed by atoms with Crippen LogP contribution in [0.3, 0.4) is 0 Å². The number of rotatable bonds is 6. The second-order valence-corrected chi connectivity index (χ2v) is 20.9. The van der Waals surface area contributed by atoms with Gasteiger partial charge in [-0.3, -0.25) is 0 Å². The molecule has 0 N–H and O–H groups in total. The van der Waals surface area contributed by atoms with Crippen molar-refractivity contribution in [3.05, 3.63) is 105 Å². The van der Waals surface area contributed by atoms with Gasteiger partial charge in [-0.25, -0.2) is 0 Å². The van der Waals surface area contributed by atoms with Crippen LogP contribution in [0.5, 0.6) is 0 Å². The molecule has 46 heavy (non-hydrogen) atoms. The molecule has 0 saturated heterocycles. The molecule has 0 spiro atoms. The zero-order valence-corrected chi connectivity index (χ0v) is 31.6. The zero-order valence-electron chi connectivity index (χ0n) is 27.6. The number of hydrogen-bond acceptors (Lipinski definition) is 0. The van der Waals surface area contributed by atoms with Crippen LogP contribution in [0.2, 0.25) is 0 Å². The van der Waals surface area contributed by atoms with Gasteiger partial charge in [0.05, 0.1) is 0 Å². The van der Waals surface area contributed by atoms with Gasteiger partial charge in [0.2, 0.25) is 0 Å². The Morgan fingerprint density at radius 1 is 0.630 bits per heavy atom. The molecule has 3 unspecified atom stereocenters. The molecule has 0 heterocycles. The maximum Gasteiger partial charge on any atom is -1.00 e. The molecule has 3 heteroatoms. The van der Waals surface area contributed by atoms with Crippen LogP contribution >= 0.6 is 0 Å². The van der Waals surface area contributed by atoms with Crippen LogP contribution in [-0.4, -0.2) is 3.21 Å². The molecule has 0 amide bonds. The fraction of sp³-hybridized carbons (Fsp3) is 0.419. The first-order chi connectivity index (χ1) is 21.7. The first-order valence-electron chi connectivity index (χ1n) is 17.8. The van der Waals surface area contributed by atoms with Gasteiger partial charge in [-0.1, -0.05) is 0 Å². The Morgan fingerprint density at radius 3 is 1.74 bits per heavy atom. The molecule has 4 aromatic rings. The van der Waals surface area contributed by atoms with E-state index in [9.17, 15) is 0 Å². The van der Waals surface area contributed by atoms with Gasteiger partial charge in [0.1, 0.15) is 0 Å². The molecule has 0 nitrogen and oxygen atoms in total. The topological polar surface area (TPSA) is 0 Å². The minimum absolute atomic E-state index is 0. The van der Waals surface area contributed by atoms with Crippen LogP contribution in [0.25, 0.3) is 32.7 Å². The summed E-state index contributed by atoms with van der Waals surface area (Å²) in [5.74, 6) is 3.23. The van der Waals surface area contributed by atoms with Gasteiger partial charge in [-0.05, 0) is 0 Å². The Labute approximate surface area is 297 Å². The van der Waals surface area contributed by atoms with E-state index >= 15 is 0 Å². The molecule has 0 bridgehead atoms. The number of allylic oxidation sites excluding steroid dienone is 4. The van der Waals surface area contributed by atoms with E-state index in [1.807, 2.05) is 3.28 Å². The van der Waals surface area contributed by atoms with Crippen molar-refractivity contribution >= 4 is 24.8 Å². The summed E-state index contributed by atoms with van der Waals surface area (Å²) in [4.78, 5) is 0. The number of fused-ring (bicyclic) bond motifs is 8. The Hall–Kier alpha value is -1.79. The molecule has 4 aliphatic rings.